The molecule has 118 valence electrons. The van der Waals surface area contributed by atoms with Gasteiger partial charge in [-0.05, 0) is 12.1 Å². The van der Waals surface area contributed by atoms with Gasteiger partial charge in [-0.1, -0.05) is 11.6 Å². The zero-order valence-electron chi connectivity index (χ0n) is 12.4. The number of carbonyl (C=O) groups excluding carboxylic acids is 2. The highest BCUT2D eigenvalue weighted by molar-refractivity contribution is 6.55. The second-order valence-electron chi connectivity index (χ2n) is 5.37. The average molecular weight is 326 g/mol. The van der Waals surface area contributed by atoms with Crippen LogP contribution in [-0.2, 0) is 9.53 Å². The van der Waals surface area contributed by atoms with Gasteiger partial charge in [0, 0.05) is 0 Å². The van der Waals surface area contributed by atoms with E-state index in [4.69, 9.17) is 21.1 Å². The number of nitrogens with zero attached hydrogens (tertiary/aromatic N) is 1. The van der Waals surface area contributed by atoms with Crippen LogP contribution in [0.1, 0.15) is 10.4 Å². The molecule has 3 rings (SSSR count). The van der Waals surface area contributed by atoms with Crippen LogP contribution in [0.15, 0.2) is 12.1 Å². The minimum absolute atomic E-state index is 0.253. The normalized spacial score (nSPS) is 18.7. The van der Waals surface area contributed by atoms with Crippen LogP contribution in [0.2, 0.25) is 5.02 Å². The number of methoxy groups -OCH3 is 1. The van der Waals surface area contributed by atoms with E-state index in [1.807, 2.05) is 0 Å². The van der Waals surface area contributed by atoms with E-state index in [0.717, 1.165) is 32.8 Å². The number of benzene rings is 1. The van der Waals surface area contributed by atoms with Crippen molar-refractivity contribution in [1.29, 1.82) is 0 Å². The maximum absolute atomic E-state index is 12.3. The summed E-state index contributed by atoms with van der Waals surface area (Å²) >= 11 is 6.10. The number of ketones is 1. The van der Waals surface area contributed by atoms with Gasteiger partial charge >= 0.3 is 0 Å². The molecule has 2 heterocycles. The summed E-state index contributed by atoms with van der Waals surface area (Å²) in [5, 5.41) is 0.287. The molecule has 1 amide bonds. The van der Waals surface area contributed by atoms with Gasteiger partial charge in [-0.25, -0.2) is 0 Å². The van der Waals surface area contributed by atoms with E-state index in [1.54, 1.807) is 12.1 Å². The Kier molecular flexibility index (Phi) is 4.33. The van der Waals surface area contributed by atoms with E-state index in [0.29, 0.717) is 18.0 Å². The van der Waals surface area contributed by atoms with Crippen LogP contribution in [0.5, 0.6) is 5.75 Å². The molecule has 0 atom stereocenters. The number of hydrogen-bond acceptors (Lipinski definition) is 4. The summed E-state index contributed by atoms with van der Waals surface area (Å²) in [5.41, 5.74) is 0.751. The number of carbonyl (C=O) groups is 2. The van der Waals surface area contributed by atoms with Gasteiger partial charge in [0.2, 0.25) is 0 Å². The summed E-state index contributed by atoms with van der Waals surface area (Å²) in [7, 11) is 1.52. The quantitative estimate of drug-likeness (QED) is 0.779. The summed E-state index contributed by atoms with van der Waals surface area (Å²) in [5.74, 6) is -0.597. The third-order valence-electron chi connectivity index (χ3n) is 4.14. The van der Waals surface area contributed by atoms with E-state index >= 15 is 0 Å². The van der Waals surface area contributed by atoms with Crippen molar-refractivity contribution in [3.8, 4) is 5.75 Å². The number of ether oxygens (including phenoxy) is 2. The van der Waals surface area contributed by atoms with Gasteiger partial charge in [-0.3, -0.25) is 14.5 Å². The molecule has 0 saturated carbocycles. The van der Waals surface area contributed by atoms with E-state index in [-0.39, 0.29) is 10.6 Å². The Morgan fingerprint density at radius 2 is 2.05 bits per heavy atom. The van der Waals surface area contributed by atoms with Crippen molar-refractivity contribution in [2.45, 2.75) is 0 Å². The first-order valence-corrected chi connectivity index (χ1v) is 7.65. The number of fused-ring (bicyclic) bond motifs is 1. The lowest BCUT2D eigenvalue weighted by atomic mass is 10.1. The van der Waals surface area contributed by atoms with E-state index in [2.05, 4.69) is 0 Å². The van der Waals surface area contributed by atoms with Crippen molar-refractivity contribution >= 4 is 29.0 Å². The van der Waals surface area contributed by atoms with Crippen LogP contribution in [0.4, 0.5) is 5.69 Å². The van der Waals surface area contributed by atoms with Crippen molar-refractivity contribution in [3.05, 3.63) is 22.7 Å². The Bertz CT molecular complexity index is 614. The summed E-state index contributed by atoms with van der Waals surface area (Å²) in [6.45, 7) is 4.51. The molecule has 0 aliphatic carbocycles. The van der Waals surface area contributed by atoms with Gasteiger partial charge in [0.25, 0.3) is 11.7 Å². The Hall–Kier alpha value is -1.63. The zero-order chi connectivity index (χ0) is 15.7. The predicted molar refractivity (Wildman–Crippen MR) is 81.1 cm³/mol. The topological polar surface area (TPSA) is 60.3 Å². The van der Waals surface area contributed by atoms with Crippen LogP contribution < -0.4 is 14.5 Å². The summed E-state index contributed by atoms with van der Waals surface area (Å²) < 4.78 is 10.6. The first-order valence-electron chi connectivity index (χ1n) is 7.27. The molecular formula is C15H18ClN2O4+. The third-order valence-corrected chi connectivity index (χ3v) is 4.45. The van der Waals surface area contributed by atoms with Crippen LogP contribution >= 0.6 is 11.6 Å². The monoisotopic (exact) mass is 325 g/mol. The first-order chi connectivity index (χ1) is 10.6. The Morgan fingerprint density at radius 3 is 2.73 bits per heavy atom. The lowest BCUT2D eigenvalue weighted by Crippen LogP contribution is -3.14. The van der Waals surface area contributed by atoms with E-state index < -0.39 is 11.7 Å². The predicted octanol–water partition coefficient (Wildman–Crippen LogP) is -0.207. The second kappa shape index (κ2) is 6.24. The summed E-state index contributed by atoms with van der Waals surface area (Å²) in [4.78, 5) is 27.3. The third kappa shape index (κ3) is 2.58. The standard InChI is InChI=1S/C15H17ClN2O4/c1-21-11-3-2-10(16)12-13(11)18(15(20)14(12)19)5-4-17-6-8-22-9-7-17/h2-3H,4-9H2,1H3/p+1. The number of hydrogen-bond donors (Lipinski definition) is 1. The second-order valence-corrected chi connectivity index (χ2v) is 5.78. The fourth-order valence-corrected chi connectivity index (χ4v) is 3.16. The molecule has 6 nitrogen and oxygen atoms in total. The highest BCUT2D eigenvalue weighted by Gasteiger charge is 2.40. The summed E-state index contributed by atoms with van der Waals surface area (Å²) in [6.07, 6.45) is 0. The number of amides is 1. The number of quaternary nitrogens is 1. The molecule has 0 radical (unpaired) electrons. The van der Waals surface area contributed by atoms with Crippen molar-refractivity contribution in [2.75, 3.05) is 51.4 Å². The number of nitrogens with one attached hydrogen (secondary N) is 1. The minimum atomic E-state index is -0.559. The Morgan fingerprint density at radius 1 is 1.32 bits per heavy atom. The largest absolute Gasteiger partial charge is 0.495 e. The molecular weight excluding hydrogens is 308 g/mol. The molecule has 0 spiro atoms. The van der Waals surface area contributed by atoms with Gasteiger partial charge in [0.05, 0.1) is 49.7 Å². The van der Waals surface area contributed by atoms with Crippen molar-refractivity contribution in [1.82, 2.24) is 0 Å². The Balaban J connectivity index is 1.85. The lowest BCUT2D eigenvalue weighted by Gasteiger charge is -2.26. The molecule has 7 heteroatoms. The molecule has 0 aromatic heterocycles. The molecule has 1 aromatic rings. The van der Waals surface area contributed by atoms with Gasteiger partial charge in [-0.2, -0.15) is 0 Å². The van der Waals surface area contributed by atoms with E-state index in [9.17, 15) is 9.59 Å². The smallest absolute Gasteiger partial charge is 0.299 e. The van der Waals surface area contributed by atoms with Gasteiger partial charge < -0.3 is 14.4 Å². The molecule has 22 heavy (non-hydrogen) atoms. The molecule has 1 N–H and O–H groups in total. The average Bonchev–Trinajstić information content (AvgIpc) is 2.80. The first kappa shape index (κ1) is 15.3. The van der Waals surface area contributed by atoms with Crippen LogP contribution in [0.25, 0.3) is 0 Å². The molecule has 1 aromatic carbocycles. The van der Waals surface area contributed by atoms with Crippen molar-refractivity contribution in [3.63, 3.8) is 0 Å². The molecule has 1 fully saturated rings. The lowest BCUT2D eigenvalue weighted by molar-refractivity contribution is -0.906. The number of halogens is 1. The number of anilines is 1. The van der Waals surface area contributed by atoms with Crippen LogP contribution in [0, 0.1) is 0 Å². The van der Waals surface area contributed by atoms with Gasteiger partial charge in [0.15, 0.2) is 0 Å². The highest BCUT2D eigenvalue weighted by atomic mass is 35.5. The van der Waals surface area contributed by atoms with Crippen LogP contribution in [0.3, 0.4) is 0 Å². The maximum Gasteiger partial charge on any atom is 0.299 e. The molecule has 2 aliphatic heterocycles. The van der Waals surface area contributed by atoms with Crippen molar-refractivity contribution in [2.24, 2.45) is 0 Å². The Labute approximate surface area is 133 Å². The molecule has 0 bridgehead atoms. The number of Topliss-reactive ketones (excluding diaryl/α,β-unsaturated/α-hetero) is 1. The minimum Gasteiger partial charge on any atom is -0.495 e. The van der Waals surface area contributed by atoms with Gasteiger partial charge in [0.1, 0.15) is 18.8 Å². The van der Waals surface area contributed by atoms with Gasteiger partial charge in [-0.15, -0.1) is 0 Å². The molecule has 2 aliphatic rings. The number of rotatable bonds is 4. The van der Waals surface area contributed by atoms with Crippen molar-refractivity contribution < 1.29 is 24.0 Å². The van der Waals surface area contributed by atoms with Crippen LogP contribution in [-0.4, -0.2) is 58.2 Å². The SMILES string of the molecule is COc1ccc(Cl)c2c1N(CC[NH+]1CCOCC1)C(=O)C2=O. The maximum atomic E-state index is 12.3. The highest BCUT2D eigenvalue weighted by Crippen LogP contribution is 2.41. The fraction of sp³-hybridized carbons (Fsp3) is 0.467. The zero-order valence-corrected chi connectivity index (χ0v) is 13.1. The number of morpholine rings is 1. The summed E-state index contributed by atoms with van der Waals surface area (Å²) in [6, 6.07) is 3.27. The molecule has 1 saturated heterocycles. The molecule has 0 unspecified atom stereocenters. The van der Waals surface area contributed by atoms with E-state index in [1.165, 1.54) is 16.9 Å². The fourth-order valence-electron chi connectivity index (χ4n) is 2.92.